The quantitative estimate of drug-likeness (QED) is 0.625. The van der Waals surface area contributed by atoms with E-state index in [4.69, 9.17) is 4.74 Å². The van der Waals surface area contributed by atoms with Gasteiger partial charge in [-0.15, -0.1) is 0 Å². The van der Waals surface area contributed by atoms with Crippen molar-refractivity contribution in [2.24, 2.45) is 0 Å². The van der Waals surface area contributed by atoms with Gasteiger partial charge >= 0.3 is 0 Å². The molecule has 2 aromatic rings. The minimum absolute atomic E-state index is 0.0398. The lowest BCUT2D eigenvalue weighted by molar-refractivity contribution is -0.884. The van der Waals surface area contributed by atoms with Crippen LogP contribution < -0.4 is 15.0 Å². The number of hydrogen-bond donors (Lipinski definition) is 2. The SMILES string of the molecule is CCC(=O)c1ccc(OCC(=O)NC[C@H](Cc2ccccc2)[NH+](C)C)cc1. The normalized spacial score (nSPS) is 11.9. The van der Waals surface area contributed by atoms with Gasteiger partial charge in [0.2, 0.25) is 0 Å². The first-order chi connectivity index (χ1) is 13.0. The Morgan fingerprint density at radius 2 is 1.70 bits per heavy atom. The molecule has 5 heteroatoms. The smallest absolute Gasteiger partial charge is 0.258 e. The summed E-state index contributed by atoms with van der Waals surface area (Å²) in [5.74, 6) is 0.523. The summed E-state index contributed by atoms with van der Waals surface area (Å²) in [5.41, 5.74) is 1.92. The highest BCUT2D eigenvalue weighted by molar-refractivity contribution is 5.95. The van der Waals surface area contributed by atoms with Crippen LogP contribution >= 0.6 is 0 Å². The van der Waals surface area contributed by atoms with Gasteiger partial charge in [-0.25, -0.2) is 0 Å². The minimum atomic E-state index is -0.150. The maximum Gasteiger partial charge on any atom is 0.258 e. The van der Waals surface area contributed by atoms with Crippen LogP contribution in [0.25, 0.3) is 0 Å². The first-order valence-corrected chi connectivity index (χ1v) is 9.36. The molecule has 0 saturated heterocycles. The first-order valence-electron chi connectivity index (χ1n) is 9.36. The van der Waals surface area contributed by atoms with Crippen LogP contribution in [0.3, 0.4) is 0 Å². The molecule has 2 rings (SSSR count). The van der Waals surface area contributed by atoms with Crippen LogP contribution in [-0.4, -0.2) is 45.0 Å². The number of quaternary nitrogens is 1. The number of rotatable bonds is 10. The third-order valence-electron chi connectivity index (χ3n) is 4.55. The molecule has 0 aliphatic carbocycles. The third-order valence-corrected chi connectivity index (χ3v) is 4.55. The van der Waals surface area contributed by atoms with E-state index >= 15 is 0 Å². The monoisotopic (exact) mass is 369 g/mol. The van der Waals surface area contributed by atoms with E-state index in [1.165, 1.54) is 10.5 Å². The summed E-state index contributed by atoms with van der Waals surface area (Å²) in [5, 5.41) is 2.95. The summed E-state index contributed by atoms with van der Waals surface area (Å²) in [4.78, 5) is 25.0. The van der Waals surface area contributed by atoms with Gasteiger partial charge in [-0.05, 0) is 29.8 Å². The van der Waals surface area contributed by atoms with Crippen molar-refractivity contribution < 1.29 is 19.2 Å². The van der Waals surface area contributed by atoms with E-state index in [2.05, 4.69) is 31.5 Å². The summed E-state index contributed by atoms with van der Waals surface area (Å²) in [7, 11) is 4.19. The number of likely N-dealkylation sites (N-methyl/N-ethyl adjacent to an activating group) is 1. The maximum atomic E-state index is 12.1. The van der Waals surface area contributed by atoms with Crippen LogP contribution in [0.2, 0.25) is 0 Å². The molecule has 1 atom stereocenters. The van der Waals surface area contributed by atoms with E-state index < -0.39 is 0 Å². The van der Waals surface area contributed by atoms with Crippen molar-refractivity contribution in [2.45, 2.75) is 25.8 Å². The molecular weight excluding hydrogens is 340 g/mol. The van der Waals surface area contributed by atoms with Gasteiger partial charge < -0.3 is 15.0 Å². The number of hydrogen-bond acceptors (Lipinski definition) is 3. The van der Waals surface area contributed by atoms with E-state index in [9.17, 15) is 9.59 Å². The number of ketones is 1. The Hall–Kier alpha value is -2.66. The molecule has 0 radical (unpaired) electrons. The van der Waals surface area contributed by atoms with Crippen LogP contribution in [0, 0.1) is 0 Å². The van der Waals surface area contributed by atoms with E-state index in [1.54, 1.807) is 24.3 Å². The van der Waals surface area contributed by atoms with Crippen molar-refractivity contribution in [3.05, 3.63) is 65.7 Å². The van der Waals surface area contributed by atoms with Gasteiger partial charge in [0, 0.05) is 18.4 Å². The zero-order valence-corrected chi connectivity index (χ0v) is 16.3. The van der Waals surface area contributed by atoms with E-state index in [0.29, 0.717) is 24.3 Å². The Kier molecular flexibility index (Phi) is 8.01. The largest absolute Gasteiger partial charge is 0.484 e. The molecule has 0 aliphatic heterocycles. The number of carbonyl (C=O) groups excluding carboxylic acids is 2. The molecule has 1 amide bonds. The van der Waals surface area contributed by atoms with E-state index in [0.717, 1.165) is 6.42 Å². The van der Waals surface area contributed by atoms with Crippen molar-refractivity contribution in [3.63, 3.8) is 0 Å². The van der Waals surface area contributed by atoms with Crippen LogP contribution in [-0.2, 0) is 11.2 Å². The molecule has 0 unspecified atom stereocenters. The van der Waals surface area contributed by atoms with Gasteiger partial charge in [0.15, 0.2) is 12.4 Å². The van der Waals surface area contributed by atoms with Crippen molar-refractivity contribution in [1.82, 2.24) is 5.32 Å². The molecule has 27 heavy (non-hydrogen) atoms. The second kappa shape index (κ2) is 10.5. The number of ether oxygens (including phenoxy) is 1. The van der Waals surface area contributed by atoms with Gasteiger partial charge in [0.05, 0.1) is 20.6 Å². The Bertz CT molecular complexity index is 727. The van der Waals surface area contributed by atoms with Gasteiger partial charge in [0.1, 0.15) is 11.8 Å². The molecule has 144 valence electrons. The number of amides is 1. The molecular formula is C22H29N2O3+. The number of benzene rings is 2. The van der Waals surface area contributed by atoms with Gasteiger partial charge in [0.25, 0.3) is 5.91 Å². The second-order valence-electron chi connectivity index (χ2n) is 6.86. The van der Waals surface area contributed by atoms with Gasteiger partial charge in [-0.1, -0.05) is 37.3 Å². The topological polar surface area (TPSA) is 59.8 Å². The van der Waals surface area contributed by atoms with Crippen molar-refractivity contribution >= 4 is 11.7 Å². The lowest BCUT2D eigenvalue weighted by Gasteiger charge is -2.22. The summed E-state index contributed by atoms with van der Waals surface area (Å²) in [6.07, 6.45) is 1.37. The predicted octanol–water partition coefficient (Wildman–Crippen LogP) is 1.53. The molecule has 0 spiro atoms. The lowest BCUT2D eigenvalue weighted by Crippen LogP contribution is -3.11. The Morgan fingerprint density at radius 1 is 1.04 bits per heavy atom. The fourth-order valence-electron chi connectivity index (χ4n) is 2.76. The van der Waals surface area contributed by atoms with E-state index in [1.807, 2.05) is 25.1 Å². The zero-order valence-electron chi connectivity index (χ0n) is 16.3. The average molecular weight is 369 g/mol. The Morgan fingerprint density at radius 3 is 2.30 bits per heavy atom. The minimum Gasteiger partial charge on any atom is -0.484 e. The molecule has 2 aromatic carbocycles. The molecule has 0 fully saturated rings. The molecule has 0 aromatic heterocycles. The van der Waals surface area contributed by atoms with Gasteiger partial charge in [-0.2, -0.15) is 0 Å². The number of carbonyl (C=O) groups is 2. The fourth-order valence-corrected chi connectivity index (χ4v) is 2.76. The van der Waals surface area contributed by atoms with Crippen LogP contribution in [0.1, 0.15) is 29.3 Å². The zero-order chi connectivity index (χ0) is 19.6. The maximum absolute atomic E-state index is 12.1. The summed E-state index contributed by atoms with van der Waals surface area (Å²) < 4.78 is 5.52. The average Bonchev–Trinajstić information content (AvgIpc) is 2.69. The summed E-state index contributed by atoms with van der Waals surface area (Å²) in [6.45, 7) is 2.38. The molecule has 0 saturated carbocycles. The Labute approximate surface area is 161 Å². The lowest BCUT2D eigenvalue weighted by atomic mass is 10.1. The third kappa shape index (κ3) is 6.87. The first kappa shape index (κ1) is 20.6. The predicted molar refractivity (Wildman–Crippen MR) is 106 cm³/mol. The van der Waals surface area contributed by atoms with Crippen molar-refractivity contribution in [1.29, 1.82) is 0 Å². The Balaban J connectivity index is 1.79. The highest BCUT2D eigenvalue weighted by atomic mass is 16.5. The van der Waals surface area contributed by atoms with Crippen LogP contribution in [0.5, 0.6) is 5.75 Å². The molecule has 5 nitrogen and oxygen atoms in total. The molecule has 0 heterocycles. The highest BCUT2D eigenvalue weighted by Gasteiger charge is 2.17. The van der Waals surface area contributed by atoms with Gasteiger partial charge in [-0.3, -0.25) is 9.59 Å². The fraction of sp³-hybridized carbons (Fsp3) is 0.364. The molecule has 0 aliphatic rings. The van der Waals surface area contributed by atoms with Crippen LogP contribution in [0.4, 0.5) is 0 Å². The molecule has 0 bridgehead atoms. The molecule has 2 N–H and O–H groups in total. The highest BCUT2D eigenvalue weighted by Crippen LogP contribution is 2.13. The van der Waals surface area contributed by atoms with Crippen molar-refractivity contribution in [3.8, 4) is 5.75 Å². The van der Waals surface area contributed by atoms with Crippen LogP contribution in [0.15, 0.2) is 54.6 Å². The van der Waals surface area contributed by atoms with Crippen molar-refractivity contribution in [2.75, 3.05) is 27.2 Å². The van der Waals surface area contributed by atoms with E-state index in [-0.39, 0.29) is 24.3 Å². The standard InChI is InChI=1S/C22H28N2O3/c1-4-21(25)18-10-12-20(13-11-18)27-16-22(26)23-15-19(24(2)3)14-17-8-6-5-7-9-17/h5-13,19H,4,14-16H2,1-3H3,(H,23,26)/p+1/t19-/m0/s1. The number of nitrogens with one attached hydrogen (secondary N) is 2. The summed E-state index contributed by atoms with van der Waals surface area (Å²) in [6, 6.07) is 17.5. The summed E-state index contributed by atoms with van der Waals surface area (Å²) >= 11 is 0. The second-order valence-corrected chi connectivity index (χ2v) is 6.86. The number of Topliss-reactive ketones (excluding diaryl/α,β-unsaturated/α-hetero) is 1.